The smallest absolute Gasteiger partial charge is 0.303 e. The molecule has 0 aliphatic carbocycles. The van der Waals surface area contributed by atoms with Crippen LogP contribution in [0.1, 0.15) is 64.7 Å². The Bertz CT molecular complexity index is 456. The Hall–Kier alpha value is -1.87. The van der Waals surface area contributed by atoms with Crippen LogP contribution in [0.5, 0.6) is 0 Å². The molecule has 2 N–H and O–H groups in total. The number of hydrogen-bond donors (Lipinski definition) is 2. The first kappa shape index (κ1) is 23.1. The molecule has 25 heavy (non-hydrogen) atoms. The van der Waals surface area contributed by atoms with Gasteiger partial charge < -0.3 is 10.2 Å². The lowest BCUT2D eigenvalue weighted by atomic mass is 10.1. The third-order valence-corrected chi connectivity index (χ3v) is 3.53. The molecule has 0 amide bonds. The molecule has 0 heterocycles. The van der Waals surface area contributed by atoms with Crippen molar-refractivity contribution in [2.75, 3.05) is 0 Å². The van der Waals surface area contributed by atoms with Crippen molar-refractivity contribution < 1.29 is 15.0 Å². The summed E-state index contributed by atoms with van der Waals surface area (Å²) in [6.45, 7) is 2.16. The Kier molecular flexibility index (Phi) is 17.1. The Labute approximate surface area is 153 Å². The fourth-order valence-corrected chi connectivity index (χ4v) is 2.09. The number of hydrogen-bond acceptors (Lipinski definition) is 2. The van der Waals surface area contributed by atoms with Crippen LogP contribution in [-0.4, -0.2) is 22.3 Å². The molecule has 0 aromatic rings. The van der Waals surface area contributed by atoms with Crippen molar-refractivity contribution >= 4 is 5.97 Å². The van der Waals surface area contributed by atoms with Gasteiger partial charge in [-0.2, -0.15) is 0 Å². The van der Waals surface area contributed by atoms with Gasteiger partial charge in [-0.15, -0.1) is 0 Å². The van der Waals surface area contributed by atoms with Gasteiger partial charge in [-0.3, -0.25) is 4.79 Å². The number of rotatable bonds is 15. The van der Waals surface area contributed by atoms with Gasteiger partial charge in [-0.05, 0) is 32.1 Å². The largest absolute Gasteiger partial charge is 0.481 e. The highest BCUT2D eigenvalue weighted by molar-refractivity contribution is 5.66. The fraction of sp³-hybridized carbons (Fsp3) is 0.500. The Balaban J connectivity index is 3.61. The van der Waals surface area contributed by atoms with E-state index >= 15 is 0 Å². The van der Waals surface area contributed by atoms with Crippen LogP contribution < -0.4 is 0 Å². The zero-order valence-electron chi connectivity index (χ0n) is 15.5. The van der Waals surface area contributed by atoms with Gasteiger partial charge in [0.1, 0.15) is 0 Å². The minimum atomic E-state index is -0.752. The molecule has 0 saturated carbocycles. The first-order valence-corrected chi connectivity index (χ1v) is 9.35. The van der Waals surface area contributed by atoms with E-state index in [0.29, 0.717) is 6.42 Å². The second kappa shape index (κ2) is 18.5. The van der Waals surface area contributed by atoms with Crippen LogP contribution in [0.15, 0.2) is 60.8 Å². The normalized spacial score (nSPS) is 14.0. The van der Waals surface area contributed by atoms with Gasteiger partial charge in [0.25, 0.3) is 0 Å². The summed E-state index contributed by atoms with van der Waals surface area (Å²) >= 11 is 0. The van der Waals surface area contributed by atoms with E-state index in [2.05, 4.69) is 37.3 Å². The van der Waals surface area contributed by atoms with Gasteiger partial charge in [0.05, 0.1) is 6.10 Å². The summed E-state index contributed by atoms with van der Waals surface area (Å²) in [5, 5.41) is 18.2. The minimum Gasteiger partial charge on any atom is -0.481 e. The molecule has 0 aromatic carbocycles. The van der Waals surface area contributed by atoms with Crippen molar-refractivity contribution in [3.05, 3.63) is 60.8 Å². The van der Waals surface area contributed by atoms with E-state index in [1.165, 1.54) is 12.8 Å². The third-order valence-electron chi connectivity index (χ3n) is 3.53. The van der Waals surface area contributed by atoms with Crippen molar-refractivity contribution in [1.29, 1.82) is 0 Å². The number of aliphatic hydroxyl groups excluding tert-OH is 1. The molecule has 0 aliphatic rings. The van der Waals surface area contributed by atoms with E-state index in [1.807, 2.05) is 30.4 Å². The zero-order chi connectivity index (χ0) is 18.6. The van der Waals surface area contributed by atoms with Crippen LogP contribution in [0.2, 0.25) is 0 Å². The number of aliphatic hydroxyl groups is 1. The van der Waals surface area contributed by atoms with E-state index < -0.39 is 5.97 Å². The molecule has 0 saturated heterocycles. The number of carboxylic acid groups (broad SMARTS) is 1. The Morgan fingerprint density at radius 3 is 2.08 bits per heavy atom. The van der Waals surface area contributed by atoms with Crippen molar-refractivity contribution in [2.24, 2.45) is 0 Å². The van der Waals surface area contributed by atoms with E-state index in [-0.39, 0.29) is 12.5 Å². The lowest BCUT2D eigenvalue weighted by Crippen LogP contribution is -2.00. The average molecular weight is 347 g/mol. The second-order valence-corrected chi connectivity index (χ2v) is 5.93. The van der Waals surface area contributed by atoms with E-state index in [4.69, 9.17) is 5.11 Å². The molecule has 0 aromatic heterocycles. The van der Waals surface area contributed by atoms with Gasteiger partial charge in [0.15, 0.2) is 0 Å². The second-order valence-electron chi connectivity index (χ2n) is 5.93. The lowest BCUT2D eigenvalue weighted by molar-refractivity contribution is -0.136. The van der Waals surface area contributed by atoms with Crippen LogP contribution >= 0.6 is 0 Å². The summed E-state index contributed by atoms with van der Waals surface area (Å²) in [4.78, 5) is 10.3. The lowest BCUT2D eigenvalue weighted by Gasteiger charge is -2.02. The SMILES string of the molecule is CCCCC[C@H](O)/C=C/C=C\C/C=C\C/C=C\C/C=C\CCC(=O)O. The Morgan fingerprint density at radius 2 is 1.48 bits per heavy atom. The summed E-state index contributed by atoms with van der Waals surface area (Å²) in [5.74, 6) is -0.752. The number of carboxylic acids is 1. The van der Waals surface area contributed by atoms with Crippen molar-refractivity contribution in [3.63, 3.8) is 0 Å². The molecular weight excluding hydrogens is 312 g/mol. The van der Waals surface area contributed by atoms with E-state index in [9.17, 15) is 9.90 Å². The van der Waals surface area contributed by atoms with Gasteiger partial charge >= 0.3 is 5.97 Å². The number of allylic oxidation sites excluding steroid dienone is 9. The topological polar surface area (TPSA) is 57.5 Å². The van der Waals surface area contributed by atoms with Crippen molar-refractivity contribution in [3.8, 4) is 0 Å². The molecular formula is C22H34O3. The number of unbranched alkanes of at least 4 members (excludes halogenated alkanes) is 2. The third kappa shape index (κ3) is 20.1. The summed E-state index contributed by atoms with van der Waals surface area (Å²) in [5.41, 5.74) is 0. The summed E-state index contributed by atoms with van der Waals surface area (Å²) < 4.78 is 0. The quantitative estimate of drug-likeness (QED) is 0.226. The molecule has 0 unspecified atom stereocenters. The summed E-state index contributed by atoms with van der Waals surface area (Å²) in [7, 11) is 0. The average Bonchev–Trinajstić information content (AvgIpc) is 2.58. The molecule has 0 rings (SSSR count). The highest BCUT2D eigenvalue weighted by atomic mass is 16.4. The van der Waals surface area contributed by atoms with E-state index in [0.717, 1.165) is 32.1 Å². The van der Waals surface area contributed by atoms with E-state index in [1.54, 1.807) is 0 Å². The maximum Gasteiger partial charge on any atom is 0.303 e. The first-order valence-electron chi connectivity index (χ1n) is 9.35. The summed E-state index contributed by atoms with van der Waals surface area (Å²) in [6.07, 6.45) is 27.6. The highest BCUT2D eigenvalue weighted by Crippen LogP contribution is 2.04. The fourth-order valence-electron chi connectivity index (χ4n) is 2.09. The van der Waals surface area contributed by atoms with Crippen LogP contribution in [0.3, 0.4) is 0 Å². The highest BCUT2D eigenvalue weighted by Gasteiger charge is 1.96. The van der Waals surface area contributed by atoms with Gasteiger partial charge in [-0.1, -0.05) is 86.9 Å². The zero-order valence-corrected chi connectivity index (χ0v) is 15.5. The molecule has 3 heteroatoms. The monoisotopic (exact) mass is 346 g/mol. The molecule has 0 spiro atoms. The number of aliphatic carboxylic acids is 1. The molecule has 1 atom stereocenters. The van der Waals surface area contributed by atoms with Crippen LogP contribution in [-0.2, 0) is 4.79 Å². The molecule has 0 radical (unpaired) electrons. The number of carbonyl (C=O) groups is 1. The molecule has 140 valence electrons. The molecule has 0 aliphatic heterocycles. The molecule has 0 fully saturated rings. The predicted octanol–water partition coefficient (Wildman–Crippen LogP) is 5.74. The van der Waals surface area contributed by atoms with Crippen molar-refractivity contribution in [2.45, 2.75) is 70.8 Å². The summed E-state index contributed by atoms with van der Waals surface area (Å²) in [6, 6.07) is 0. The molecule has 0 bridgehead atoms. The van der Waals surface area contributed by atoms with Crippen LogP contribution in [0, 0.1) is 0 Å². The van der Waals surface area contributed by atoms with Gasteiger partial charge in [0.2, 0.25) is 0 Å². The first-order chi connectivity index (χ1) is 12.2. The minimum absolute atomic E-state index is 0.198. The standard InChI is InChI=1S/C22H34O3/c1-2-3-15-18-21(23)19-16-13-11-9-7-5-4-6-8-10-12-14-17-20-22(24)25/h5-8,11-14,16,19,21,23H,2-4,9-10,15,17-18,20H2,1H3,(H,24,25)/b7-5-,8-6-,13-11-,14-12-,19-16+/t21-/m0/s1. The van der Waals surface area contributed by atoms with Crippen LogP contribution in [0.4, 0.5) is 0 Å². The maximum absolute atomic E-state index is 10.3. The van der Waals surface area contributed by atoms with Gasteiger partial charge in [0, 0.05) is 6.42 Å². The van der Waals surface area contributed by atoms with Crippen molar-refractivity contribution in [1.82, 2.24) is 0 Å². The molecule has 3 nitrogen and oxygen atoms in total. The Morgan fingerprint density at radius 1 is 0.880 bits per heavy atom. The predicted molar refractivity (Wildman–Crippen MR) is 107 cm³/mol. The van der Waals surface area contributed by atoms with Crippen LogP contribution in [0.25, 0.3) is 0 Å². The maximum atomic E-state index is 10.3. The van der Waals surface area contributed by atoms with Gasteiger partial charge in [-0.25, -0.2) is 0 Å².